The largest absolute Gasteiger partial charge is 0.480 e. The van der Waals surface area contributed by atoms with Crippen LogP contribution in [0.5, 0.6) is 0 Å². The Bertz CT molecular complexity index is 1040. The number of thioether (sulfide) groups is 1. The summed E-state index contributed by atoms with van der Waals surface area (Å²) in [6, 6.07) is 15.3. The third-order valence-electron chi connectivity index (χ3n) is 6.91. The first-order valence-electron chi connectivity index (χ1n) is 11.5. The van der Waals surface area contributed by atoms with Crippen LogP contribution < -0.4 is 5.32 Å². The molecule has 2 amide bonds. The maximum Gasteiger partial charge on any atom is 0.407 e. The van der Waals surface area contributed by atoms with Crippen molar-refractivity contribution in [1.82, 2.24) is 10.2 Å². The highest BCUT2D eigenvalue weighted by Crippen LogP contribution is 2.44. The van der Waals surface area contributed by atoms with Gasteiger partial charge in [0.05, 0.1) is 0 Å². The molecular weight excluding hydrogens is 452 g/mol. The molecule has 2 atom stereocenters. The second-order valence-corrected chi connectivity index (χ2v) is 9.96. The second kappa shape index (κ2) is 10.1. The summed E-state index contributed by atoms with van der Waals surface area (Å²) in [6.45, 7) is 2.09. The molecule has 0 bridgehead atoms. The van der Waals surface area contributed by atoms with Gasteiger partial charge in [-0.05, 0) is 60.4 Å². The highest BCUT2D eigenvalue weighted by atomic mass is 32.2. The summed E-state index contributed by atoms with van der Waals surface area (Å²) < 4.78 is 5.62. The zero-order valence-electron chi connectivity index (χ0n) is 19.5. The fourth-order valence-corrected chi connectivity index (χ4v) is 5.47. The number of aliphatic carboxylic acids is 1. The Morgan fingerprint density at radius 1 is 1.15 bits per heavy atom. The fraction of sp³-hybridized carbons (Fsp3) is 0.423. The molecule has 34 heavy (non-hydrogen) atoms. The predicted molar refractivity (Wildman–Crippen MR) is 132 cm³/mol. The van der Waals surface area contributed by atoms with Crippen molar-refractivity contribution >= 4 is 29.7 Å². The van der Waals surface area contributed by atoms with Gasteiger partial charge in [0.2, 0.25) is 5.91 Å². The number of fused-ring (bicyclic) bond motifs is 3. The fourth-order valence-electron chi connectivity index (χ4n) is 5.00. The minimum absolute atomic E-state index is 0.0765. The molecule has 2 aliphatic rings. The minimum atomic E-state index is -1.25. The molecule has 7 nitrogen and oxygen atoms in total. The van der Waals surface area contributed by atoms with Crippen molar-refractivity contribution in [3.8, 4) is 11.1 Å². The van der Waals surface area contributed by atoms with Gasteiger partial charge in [-0.1, -0.05) is 48.5 Å². The number of hydrogen-bond acceptors (Lipinski definition) is 5. The molecule has 8 heteroatoms. The van der Waals surface area contributed by atoms with Gasteiger partial charge in [0, 0.05) is 12.5 Å². The normalized spacial score (nSPS) is 19.9. The van der Waals surface area contributed by atoms with Crippen LogP contribution in [0.1, 0.15) is 43.2 Å². The molecule has 1 aliphatic heterocycles. The minimum Gasteiger partial charge on any atom is -0.480 e. The molecule has 2 N–H and O–H groups in total. The molecule has 2 aromatic rings. The standard InChI is InChI=1S/C26H30N2O5S/c1-26(24(30)31)13-7-14-28(26)23(29)22(12-15-34-2)27-25(32)33-16-21-19-10-5-3-8-17(19)18-9-4-6-11-20(18)21/h3-6,8-11,21-22H,7,12-16H2,1-2H3,(H,27,32)(H,30,31)/t22-,26?/m0/s1. The lowest BCUT2D eigenvalue weighted by Crippen LogP contribution is -2.57. The van der Waals surface area contributed by atoms with Crippen molar-refractivity contribution in [1.29, 1.82) is 0 Å². The molecular formula is C26H30N2O5S. The number of carboxylic acids is 1. The average molecular weight is 483 g/mol. The first-order chi connectivity index (χ1) is 16.4. The summed E-state index contributed by atoms with van der Waals surface area (Å²) in [5.74, 6) is -0.821. The number of carbonyl (C=O) groups is 3. The molecule has 0 saturated carbocycles. The number of carbonyl (C=O) groups excluding carboxylic acids is 2. The van der Waals surface area contributed by atoms with Crippen LogP contribution in [0.25, 0.3) is 11.1 Å². The van der Waals surface area contributed by atoms with Gasteiger partial charge < -0.3 is 20.1 Å². The van der Waals surface area contributed by atoms with Gasteiger partial charge in [0.15, 0.2) is 0 Å². The predicted octanol–water partition coefficient (Wildman–Crippen LogP) is 4.11. The van der Waals surface area contributed by atoms with E-state index < -0.39 is 23.6 Å². The smallest absolute Gasteiger partial charge is 0.407 e. The van der Waals surface area contributed by atoms with Crippen molar-refractivity contribution < 1.29 is 24.2 Å². The highest BCUT2D eigenvalue weighted by molar-refractivity contribution is 7.98. The molecule has 180 valence electrons. The van der Waals surface area contributed by atoms with Gasteiger partial charge in [-0.25, -0.2) is 9.59 Å². The van der Waals surface area contributed by atoms with Crippen molar-refractivity contribution in [3.05, 3.63) is 59.7 Å². The Balaban J connectivity index is 1.45. The summed E-state index contributed by atoms with van der Waals surface area (Å²) in [5.41, 5.74) is 3.25. The number of alkyl carbamates (subject to hydrolysis) is 1. The maximum absolute atomic E-state index is 13.3. The van der Waals surface area contributed by atoms with E-state index in [1.807, 2.05) is 42.7 Å². The Labute approximate surface area is 203 Å². The van der Waals surface area contributed by atoms with Gasteiger partial charge in [0.25, 0.3) is 0 Å². The lowest BCUT2D eigenvalue weighted by Gasteiger charge is -2.34. The van der Waals surface area contributed by atoms with E-state index in [0.717, 1.165) is 22.3 Å². The van der Waals surface area contributed by atoms with Crippen LogP contribution in [0, 0.1) is 0 Å². The molecule has 0 aromatic heterocycles. The topological polar surface area (TPSA) is 95.9 Å². The summed E-state index contributed by atoms with van der Waals surface area (Å²) in [4.78, 5) is 39.3. The Morgan fingerprint density at radius 3 is 2.35 bits per heavy atom. The summed E-state index contributed by atoms with van der Waals surface area (Å²) in [6.07, 6.45) is 2.67. The van der Waals surface area contributed by atoms with E-state index >= 15 is 0 Å². The van der Waals surface area contributed by atoms with Crippen LogP contribution >= 0.6 is 11.8 Å². The number of amides is 2. The van der Waals surface area contributed by atoms with Crippen molar-refractivity contribution in [2.24, 2.45) is 0 Å². The Hall–Kier alpha value is -3.00. The summed E-state index contributed by atoms with van der Waals surface area (Å²) in [7, 11) is 0. The molecule has 1 unspecified atom stereocenters. The maximum atomic E-state index is 13.3. The Kier molecular flexibility index (Phi) is 7.16. The summed E-state index contributed by atoms with van der Waals surface area (Å²) >= 11 is 1.56. The molecule has 2 aromatic carbocycles. The average Bonchev–Trinajstić information content (AvgIpc) is 3.39. The van der Waals surface area contributed by atoms with Crippen LogP contribution in [0.4, 0.5) is 4.79 Å². The highest BCUT2D eigenvalue weighted by Gasteiger charge is 2.47. The van der Waals surface area contributed by atoms with E-state index in [1.165, 1.54) is 4.90 Å². The van der Waals surface area contributed by atoms with E-state index in [1.54, 1.807) is 18.7 Å². The van der Waals surface area contributed by atoms with Gasteiger partial charge in [-0.15, -0.1) is 0 Å². The molecule has 0 spiro atoms. The Morgan fingerprint density at radius 2 is 1.76 bits per heavy atom. The quantitative estimate of drug-likeness (QED) is 0.588. The zero-order valence-corrected chi connectivity index (χ0v) is 20.3. The number of hydrogen-bond donors (Lipinski definition) is 2. The molecule has 4 rings (SSSR count). The SMILES string of the molecule is CSCC[C@H](NC(=O)OCC1c2ccccc2-c2ccccc21)C(=O)N1CCCC1(C)C(=O)O. The van der Waals surface area contributed by atoms with Gasteiger partial charge in [-0.3, -0.25) is 4.79 Å². The van der Waals surface area contributed by atoms with Crippen LogP contribution in [0.2, 0.25) is 0 Å². The number of nitrogens with one attached hydrogen (secondary N) is 1. The number of rotatable bonds is 8. The lowest BCUT2D eigenvalue weighted by molar-refractivity contribution is -0.156. The molecule has 1 aliphatic carbocycles. The third kappa shape index (κ3) is 4.51. The van der Waals surface area contributed by atoms with Gasteiger partial charge in [0.1, 0.15) is 18.2 Å². The summed E-state index contributed by atoms with van der Waals surface area (Å²) in [5, 5.41) is 12.4. The molecule has 1 saturated heterocycles. The van der Waals surface area contributed by atoms with Gasteiger partial charge in [-0.2, -0.15) is 11.8 Å². The van der Waals surface area contributed by atoms with E-state index in [2.05, 4.69) is 17.4 Å². The van der Waals surface area contributed by atoms with Crippen molar-refractivity contribution in [2.45, 2.75) is 43.7 Å². The molecule has 1 heterocycles. The first kappa shape index (κ1) is 24.1. The number of nitrogens with zero attached hydrogens (tertiary/aromatic N) is 1. The van der Waals surface area contributed by atoms with Crippen molar-refractivity contribution in [2.75, 3.05) is 25.2 Å². The first-order valence-corrected chi connectivity index (χ1v) is 12.9. The van der Waals surface area contributed by atoms with E-state index in [0.29, 0.717) is 31.6 Å². The monoisotopic (exact) mass is 482 g/mol. The molecule has 0 radical (unpaired) electrons. The second-order valence-electron chi connectivity index (χ2n) is 8.98. The third-order valence-corrected chi connectivity index (χ3v) is 7.56. The van der Waals surface area contributed by atoms with Crippen LogP contribution in [0.15, 0.2) is 48.5 Å². The van der Waals surface area contributed by atoms with Crippen molar-refractivity contribution in [3.63, 3.8) is 0 Å². The van der Waals surface area contributed by atoms with Gasteiger partial charge >= 0.3 is 12.1 Å². The van der Waals surface area contributed by atoms with E-state index in [-0.39, 0.29) is 18.4 Å². The van der Waals surface area contributed by atoms with Crippen LogP contribution in [-0.4, -0.2) is 64.7 Å². The number of likely N-dealkylation sites (tertiary alicyclic amines) is 1. The molecule has 1 fully saturated rings. The number of ether oxygens (including phenoxy) is 1. The van der Waals surface area contributed by atoms with Crippen LogP contribution in [0.3, 0.4) is 0 Å². The number of carboxylic acid groups (broad SMARTS) is 1. The zero-order chi connectivity index (χ0) is 24.3. The lowest BCUT2D eigenvalue weighted by atomic mass is 9.98. The number of benzene rings is 2. The van der Waals surface area contributed by atoms with E-state index in [9.17, 15) is 19.5 Å². The van der Waals surface area contributed by atoms with Crippen LogP contribution in [-0.2, 0) is 14.3 Å². The van der Waals surface area contributed by atoms with E-state index in [4.69, 9.17) is 4.74 Å².